The van der Waals surface area contributed by atoms with Crippen LogP contribution in [0.4, 0.5) is 4.79 Å². The Morgan fingerprint density at radius 2 is 1.96 bits per heavy atom. The van der Waals surface area contributed by atoms with Gasteiger partial charge in [-0.05, 0) is 72.4 Å². The van der Waals surface area contributed by atoms with Gasteiger partial charge in [-0.15, -0.1) is 11.3 Å². The summed E-state index contributed by atoms with van der Waals surface area (Å²) in [6, 6.07) is 2.34. The Kier molecular flexibility index (Phi) is 5.97. The summed E-state index contributed by atoms with van der Waals surface area (Å²) in [7, 11) is 0. The molecule has 2 rings (SSSR count). The Morgan fingerprint density at radius 3 is 2.54 bits per heavy atom. The largest absolute Gasteiger partial charge is 0.444 e. The molecule has 0 radical (unpaired) electrons. The number of aryl methyl sites for hydroxylation is 2. The SMILES string of the molecule is CC(C)(C)OC(=O)N(CCNCc1cc2c(s1)CCC2)C(C)(C)C. The van der Waals surface area contributed by atoms with Gasteiger partial charge in [0.15, 0.2) is 0 Å². The average molecular weight is 353 g/mol. The lowest BCUT2D eigenvalue weighted by Gasteiger charge is -2.36. The highest BCUT2D eigenvalue weighted by atomic mass is 32.1. The van der Waals surface area contributed by atoms with Crippen molar-refractivity contribution in [1.29, 1.82) is 0 Å². The van der Waals surface area contributed by atoms with E-state index in [1.807, 2.05) is 52.9 Å². The fourth-order valence-electron chi connectivity index (χ4n) is 2.90. The zero-order valence-corrected chi connectivity index (χ0v) is 16.8. The Morgan fingerprint density at radius 1 is 1.25 bits per heavy atom. The molecule has 1 heterocycles. The van der Waals surface area contributed by atoms with Crippen LogP contribution in [0.3, 0.4) is 0 Å². The number of hydrogen-bond acceptors (Lipinski definition) is 4. The van der Waals surface area contributed by atoms with Crippen LogP contribution in [0.25, 0.3) is 0 Å². The third-order valence-corrected chi connectivity index (χ3v) is 5.27. The lowest BCUT2D eigenvalue weighted by Crippen LogP contribution is -2.50. The molecule has 0 spiro atoms. The summed E-state index contributed by atoms with van der Waals surface area (Å²) >= 11 is 1.93. The number of thiophene rings is 1. The second-order valence-electron chi connectivity index (χ2n) is 8.49. The number of rotatable bonds is 5. The normalized spacial score (nSPS) is 14.6. The molecule has 0 fully saturated rings. The van der Waals surface area contributed by atoms with E-state index in [1.165, 1.54) is 24.1 Å². The molecule has 0 saturated heterocycles. The van der Waals surface area contributed by atoms with Gasteiger partial charge in [0.2, 0.25) is 0 Å². The van der Waals surface area contributed by atoms with E-state index in [1.54, 1.807) is 15.3 Å². The van der Waals surface area contributed by atoms with Crippen LogP contribution in [-0.2, 0) is 24.1 Å². The van der Waals surface area contributed by atoms with Crippen molar-refractivity contribution in [3.05, 3.63) is 21.4 Å². The van der Waals surface area contributed by atoms with Crippen molar-refractivity contribution < 1.29 is 9.53 Å². The number of hydrogen-bond donors (Lipinski definition) is 1. The smallest absolute Gasteiger partial charge is 0.410 e. The molecule has 0 unspecified atom stereocenters. The van der Waals surface area contributed by atoms with Crippen molar-refractivity contribution in [3.8, 4) is 0 Å². The first-order valence-corrected chi connectivity index (χ1v) is 9.70. The second kappa shape index (κ2) is 7.44. The molecule has 0 saturated carbocycles. The van der Waals surface area contributed by atoms with Gasteiger partial charge >= 0.3 is 6.09 Å². The van der Waals surface area contributed by atoms with E-state index in [4.69, 9.17) is 4.74 Å². The topological polar surface area (TPSA) is 41.6 Å². The molecule has 1 N–H and O–H groups in total. The van der Waals surface area contributed by atoms with Crippen LogP contribution in [0.5, 0.6) is 0 Å². The van der Waals surface area contributed by atoms with Gasteiger partial charge in [-0.3, -0.25) is 0 Å². The van der Waals surface area contributed by atoms with Crippen LogP contribution >= 0.6 is 11.3 Å². The lowest BCUT2D eigenvalue weighted by molar-refractivity contribution is 0.00664. The van der Waals surface area contributed by atoms with Crippen molar-refractivity contribution in [2.24, 2.45) is 0 Å². The fraction of sp³-hybridized carbons (Fsp3) is 0.737. The van der Waals surface area contributed by atoms with Crippen LogP contribution in [0.15, 0.2) is 6.07 Å². The number of fused-ring (bicyclic) bond motifs is 1. The van der Waals surface area contributed by atoms with E-state index in [9.17, 15) is 4.79 Å². The maximum Gasteiger partial charge on any atom is 0.410 e. The molecule has 24 heavy (non-hydrogen) atoms. The number of amides is 1. The fourth-order valence-corrected chi connectivity index (χ4v) is 4.13. The molecular formula is C19H32N2O2S. The van der Waals surface area contributed by atoms with Gasteiger partial charge in [-0.25, -0.2) is 4.79 Å². The lowest BCUT2D eigenvalue weighted by atomic mass is 10.1. The van der Waals surface area contributed by atoms with Gasteiger partial charge in [-0.1, -0.05) is 0 Å². The maximum atomic E-state index is 12.4. The molecule has 0 aliphatic heterocycles. The maximum absolute atomic E-state index is 12.4. The molecule has 1 aliphatic rings. The van der Waals surface area contributed by atoms with Gasteiger partial charge in [0.25, 0.3) is 0 Å². The first kappa shape index (κ1) is 19.3. The summed E-state index contributed by atoms with van der Waals surface area (Å²) in [5, 5.41) is 3.47. The van der Waals surface area contributed by atoms with Gasteiger partial charge in [0, 0.05) is 34.9 Å². The first-order valence-electron chi connectivity index (χ1n) is 8.88. The molecule has 1 aromatic rings. The van der Waals surface area contributed by atoms with E-state index < -0.39 is 5.60 Å². The van der Waals surface area contributed by atoms with Gasteiger partial charge in [-0.2, -0.15) is 0 Å². The standard InChI is InChI=1S/C19H32N2O2S/c1-18(2,3)21(17(22)23-19(4,5)6)11-10-20-13-15-12-14-8-7-9-16(14)24-15/h12,20H,7-11,13H2,1-6H3. The van der Waals surface area contributed by atoms with Crippen LogP contribution in [0.1, 0.15) is 63.3 Å². The molecule has 0 bridgehead atoms. The van der Waals surface area contributed by atoms with Crippen LogP contribution < -0.4 is 5.32 Å². The Labute approximate surface area is 150 Å². The third kappa shape index (κ3) is 5.49. The van der Waals surface area contributed by atoms with Crippen molar-refractivity contribution in [2.45, 2.75) is 78.5 Å². The number of ether oxygens (including phenoxy) is 1. The molecule has 4 nitrogen and oxygen atoms in total. The summed E-state index contributed by atoms with van der Waals surface area (Å²) < 4.78 is 5.54. The van der Waals surface area contributed by atoms with Gasteiger partial charge in [0.1, 0.15) is 5.60 Å². The predicted octanol–water partition coefficient (Wildman–Crippen LogP) is 4.36. The number of carbonyl (C=O) groups is 1. The minimum absolute atomic E-state index is 0.244. The Balaban J connectivity index is 1.82. The first-order chi connectivity index (χ1) is 11.1. The van der Waals surface area contributed by atoms with Crippen molar-refractivity contribution in [3.63, 3.8) is 0 Å². The molecule has 5 heteroatoms. The van der Waals surface area contributed by atoms with Crippen LogP contribution in [-0.4, -0.2) is 35.2 Å². The summed E-state index contributed by atoms with van der Waals surface area (Å²) in [6.45, 7) is 14.1. The monoisotopic (exact) mass is 352 g/mol. The quantitative estimate of drug-likeness (QED) is 0.801. The van der Waals surface area contributed by atoms with Crippen molar-refractivity contribution in [1.82, 2.24) is 10.2 Å². The molecule has 1 amide bonds. The second-order valence-corrected chi connectivity index (χ2v) is 9.72. The Hall–Kier alpha value is -1.07. The molecule has 1 aliphatic carbocycles. The Bertz CT molecular complexity index is 545. The highest BCUT2D eigenvalue weighted by Gasteiger charge is 2.30. The minimum Gasteiger partial charge on any atom is -0.444 e. The molecule has 1 aromatic heterocycles. The number of carbonyl (C=O) groups excluding carboxylic acids is 1. The highest BCUT2D eigenvalue weighted by Crippen LogP contribution is 2.30. The zero-order valence-electron chi connectivity index (χ0n) is 16.0. The van der Waals surface area contributed by atoms with E-state index in [-0.39, 0.29) is 11.6 Å². The highest BCUT2D eigenvalue weighted by molar-refractivity contribution is 7.12. The van der Waals surface area contributed by atoms with Gasteiger partial charge < -0.3 is 15.0 Å². The molecular weight excluding hydrogens is 320 g/mol. The van der Waals surface area contributed by atoms with E-state index >= 15 is 0 Å². The summed E-state index contributed by atoms with van der Waals surface area (Å²) in [5.41, 5.74) is 0.821. The summed E-state index contributed by atoms with van der Waals surface area (Å²) in [5.74, 6) is 0. The molecule has 0 atom stereocenters. The third-order valence-electron chi connectivity index (χ3n) is 4.03. The zero-order chi connectivity index (χ0) is 18.0. The average Bonchev–Trinajstić information content (AvgIpc) is 2.95. The van der Waals surface area contributed by atoms with Crippen LogP contribution in [0, 0.1) is 0 Å². The van der Waals surface area contributed by atoms with Crippen molar-refractivity contribution >= 4 is 17.4 Å². The number of nitrogens with zero attached hydrogens (tertiary/aromatic N) is 1. The molecule has 0 aromatic carbocycles. The van der Waals surface area contributed by atoms with E-state index in [2.05, 4.69) is 11.4 Å². The minimum atomic E-state index is -0.467. The summed E-state index contributed by atoms with van der Waals surface area (Å²) in [6.07, 6.45) is 3.55. The van der Waals surface area contributed by atoms with Crippen molar-refractivity contribution in [2.75, 3.05) is 13.1 Å². The molecule has 136 valence electrons. The van der Waals surface area contributed by atoms with Gasteiger partial charge in [0.05, 0.1) is 0 Å². The summed E-state index contributed by atoms with van der Waals surface area (Å²) in [4.78, 5) is 17.2. The predicted molar refractivity (Wildman–Crippen MR) is 101 cm³/mol. The van der Waals surface area contributed by atoms with Crippen LogP contribution in [0.2, 0.25) is 0 Å². The number of nitrogens with one attached hydrogen (secondary N) is 1. The van der Waals surface area contributed by atoms with E-state index in [0.717, 1.165) is 13.1 Å². The van der Waals surface area contributed by atoms with E-state index in [0.29, 0.717) is 6.54 Å².